The molecule has 100 valence electrons. The SMILES string of the molecule is COCCC1(CNCc2ccc(OC)cc2)CC1. The maximum Gasteiger partial charge on any atom is 0.118 e. The molecule has 1 saturated carbocycles. The van der Waals surface area contributed by atoms with Crippen LogP contribution in [0.1, 0.15) is 24.8 Å². The molecule has 0 unspecified atom stereocenters. The molecule has 1 aromatic rings. The maximum absolute atomic E-state index is 5.17. The predicted molar refractivity (Wildman–Crippen MR) is 72.9 cm³/mol. The highest BCUT2D eigenvalue weighted by atomic mass is 16.5. The number of rotatable bonds is 8. The van der Waals surface area contributed by atoms with Crippen LogP contribution in [0.3, 0.4) is 0 Å². The molecule has 1 aliphatic carbocycles. The van der Waals surface area contributed by atoms with Gasteiger partial charge in [-0.2, -0.15) is 0 Å². The van der Waals surface area contributed by atoms with Crippen LogP contribution < -0.4 is 10.1 Å². The summed E-state index contributed by atoms with van der Waals surface area (Å²) < 4.78 is 10.3. The quantitative estimate of drug-likeness (QED) is 0.768. The fourth-order valence-corrected chi connectivity index (χ4v) is 2.23. The lowest BCUT2D eigenvalue weighted by atomic mass is 10.0. The molecule has 0 aliphatic heterocycles. The summed E-state index contributed by atoms with van der Waals surface area (Å²) in [4.78, 5) is 0. The van der Waals surface area contributed by atoms with Crippen molar-refractivity contribution < 1.29 is 9.47 Å². The first kappa shape index (κ1) is 13.4. The topological polar surface area (TPSA) is 30.5 Å². The fraction of sp³-hybridized carbons (Fsp3) is 0.600. The van der Waals surface area contributed by atoms with Gasteiger partial charge in [-0.3, -0.25) is 0 Å². The number of hydrogen-bond donors (Lipinski definition) is 1. The Bertz CT molecular complexity index is 357. The summed E-state index contributed by atoms with van der Waals surface area (Å²) in [5, 5.41) is 3.55. The van der Waals surface area contributed by atoms with Crippen LogP contribution in [0.2, 0.25) is 0 Å². The highest BCUT2D eigenvalue weighted by molar-refractivity contribution is 5.27. The second-order valence-corrected chi connectivity index (χ2v) is 5.19. The van der Waals surface area contributed by atoms with Gasteiger partial charge in [-0.15, -0.1) is 0 Å². The van der Waals surface area contributed by atoms with E-state index in [9.17, 15) is 0 Å². The highest BCUT2D eigenvalue weighted by Gasteiger charge is 2.41. The molecule has 0 bridgehead atoms. The molecule has 1 fully saturated rings. The third kappa shape index (κ3) is 3.72. The summed E-state index contributed by atoms with van der Waals surface area (Å²) >= 11 is 0. The smallest absolute Gasteiger partial charge is 0.118 e. The van der Waals surface area contributed by atoms with E-state index in [0.29, 0.717) is 5.41 Å². The van der Waals surface area contributed by atoms with Gasteiger partial charge in [0.2, 0.25) is 0 Å². The van der Waals surface area contributed by atoms with E-state index in [-0.39, 0.29) is 0 Å². The van der Waals surface area contributed by atoms with Crippen molar-refractivity contribution in [1.82, 2.24) is 5.32 Å². The van der Waals surface area contributed by atoms with Gasteiger partial charge in [0.05, 0.1) is 7.11 Å². The van der Waals surface area contributed by atoms with Crippen molar-refractivity contribution in [2.45, 2.75) is 25.8 Å². The van der Waals surface area contributed by atoms with Crippen LogP contribution in [-0.4, -0.2) is 27.4 Å². The van der Waals surface area contributed by atoms with Gasteiger partial charge < -0.3 is 14.8 Å². The molecule has 3 nitrogen and oxygen atoms in total. The van der Waals surface area contributed by atoms with Crippen molar-refractivity contribution >= 4 is 0 Å². The molecule has 0 heterocycles. The molecule has 18 heavy (non-hydrogen) atoms. The van der Waals surface area contributed by atoms with Gasteiger partial charge in [-0.1, -0.05) is 12.1 Å². The number of hydrogen-bond acceptors (Lipinski definition) is 3. The van der Waals surface area contributed by atoms with E-state index in [1.54, 1.807) is 14.2 Å². The van der Waals surface area contributed by atoms with Gasteiger partial charge in [0.25, 0.3) is 0 Å². The van der Waals surface area contributed by atoms with Crippen molar-refractivity contribution in [2.75, 3.05) is 27.4 Å². The third-order valence-corrected chi connectivity index (χ3v) is 3.78. The normalized spacial score (nSPS) is 16.6. The monoisotopic (exact) mass is 249 g/mol. The lowest BCUT2D eigenvalue weighted by molar-refractivity contribution is 0.171. The number of nitrogens with one attached hydrogen (secondary N) is 1. The fourth-order valence-electron chi connectivity index (χ4n) is 2.23. The minimum atomic E-state index is 0.516. The Labute approximate surface area is 109 Å². The second kappa shape index (κ2) is 6.21. The average Bonchev–Trinajstić information content (AvgIpc) is 3.18. The van der Waals surface area contributed by atoms with Gasteiger partial charge in [0.15, 0.2) is 0 Å². The molecule has 3 heteroatoms. The molecule has 2 rings (SSSR count). The van der Waals surface area contributed by atoms with Crippen LogP contribution in [0.4, 0.5) is 0 Å². The molecular formula is C15H23NO2. The van der Waals surface area contributed by atoms with Crippen LogP contribution in [-0.2, 0) is 11.3 Å². The maximum atomic E-state index is 5.17. The van der Waals surface area contributed by atoms with Gasteiger partial charge in [0.1, 0.15) is 5.75 Å². The Kier molecular flexibility index (Phi) is 4.61. The first-order valence-corrected chi connectivity index (χ1v) is 6.61. The molecule has 0 spiro atoms. The number of methoxy groups -OCH3 is 2. The van der Waals surface area contributed by atoms with E-state index in [4.69, 9.17) is 9.47 Å². The number of benzene rings is 1. The second-order valence-electron chi connectivity index (χ2n) is 5.19. The zero-order chi connectivity index (χ0) is 12.8. The third-order valence-electron chi connectivity index (χ3n) is 3.78. The van der Waals surface area contributed by atoms with Crippen LogP contribution in [0.25, 0.3) is 0 Å². The van der Waals surface area contributed by atoms with Crippen molar-refractivity contribution in [2.24, 2.45) is 5.41 Å². The molecule has 1 aromatic carbocycles. The first-order chi connectivity index (χ1) is 8.78. The summed E-state index contributed by atoms with van der Waals surface area (Å²) in [5.74, 6) is 0.914. The van der Waals surface area contributed by atoms with Crippen LogP contribution in [0.15, 0.2) is 24.3 Å². The molecule has 1 N–H and O–H groups in total. The molecular weight excluding hydrogens is 226 g/mol. The molecule has 0 amide bonds. The van der Waals surface area contributed by atoms with E-state index in [1.165, 1.54) is 24.8 Å². The first-order valence-electron chi connectivity index (χ1n) is 6.61. The van der Waals surface area contributed by atoms with Gasteiger partial charge in [0, 0.05) is 26.8 Å². The molecule has 0 saturated heterocycles. The zero-order valence-electron chi connectivity index (χ0n) is 11.4. The van der Waals surface area contributed by atoms with Crippen LogP contribution in [0.5, 0.6) is 5.75 Å². The van der Waals surface area contributed by atoms with Crippen LogP contribution >= 0.6 is 0 Å². The van der Waals surface area contributed by atoms with E-state index in [2.05, 4.69) is 17.4 Å². The summed E-state index contributed by atoms with van der Waals surface area (Å²) in [6.07, 6.45) is 3.86. The lowest BCUT2D eigenvalue weighted by Gasteiger charge is -2.15. The minimum Gasteiger partial charge on any atom is -0.497 e. The van der Waals surface area contributed by atoms with Crippen molar-refractivity contribution in [3.63, 3.8) is 0 Å². The van der Waals surface area contributed by atoms with Crippen LogP contribution in [0, 0.1) is 5.41 Å². The number of ether oxygens (including phenoxy) is 2. The summed E-state index contributed by atoms with van der Waals surface area (Å²) in [7, 11) is 3.47. The summed E-state index contributed by atoms with van der Waals surface area (Å²) in [5.41, 5.74) is 1.82. The molecule has 0 atom stereocenters. The molecule has 0 aromatic heterocycles. The molecule has 1 aliphatic rings. The lowest BCUT2D eigenvalue weighted by Crippen LogP contribution is -2.24. The Morgan fingerprint density at radius 2 is 1.89 bits per heavy atom. The van der Waals surface area contributed by atoms with E-state index in [0.717, 1.165) is 25.4 Å². The standard InChI is InChI=1S/C15H23NO2/c1-17-10-9-15(7-8-15)12-16-11-13-3-5-14(18-2)6-4-13/h3-6,16H,7-12H2,1-2H3. The Morgan fingerprint density at radius 3 is 2.44 bits per heavy atom. The van der Waals surface area contributed by atoms with Gasteiger partial charge >= 0.3 is 0 Å². The average molecular weight is 249 g/mol. The van der Waals surface area contributed by atoms with E-state index >= 15 is 0 Å². The van der Waals surface area contributed by atoms with Crippen molar-refractivity contribution in [1.29, 1.82) is 0 Å². The van der Waals surface area contributed by atoms with Crippen molar-refractivity contribution in [3.8, 4) is 5.75 Å². The zero-order valence-corrected chi connectivity index (χ0v) is 11.4. The van der Waals surface area contributed by atoms with Crippen molar-refractivity contribution in [3.05, 3.63) is 29.8 Å². The van der Waals surface area contributed by atoms with Gasteiger partial charge in [-0.25, -0.2) is 0 Å². The predicted octanol–water partition coefficient (Wildman–Crippen LogP) is 2.60. The Morgan fingerprint density at radius 1 is 1.17 bits per heavy atom. The summed E-state index contributed by atoms with van der Waals surface area (Å²) in [6.45, 7) is 2.91. The molecule has 0 radical (unpaired) electrons. The summed E-state index contributed by atoms with van der Waals surface area (Å²) in [6, 6.07) is 8.24. The highest BCUT2D eigenvalue weighted by Crippen LogP contribution is 2.48. The minimum absolute atomic E-state index is 0.516. The Hall–Kier alpha value is -1.06. The van der Waals surface area contributed by atoms with Gasteiger partial charge in [-0.05, 0) is 42.4 Å². The Balaban J connectivity index is 1.71. The van der Waals surface area contributed by atoms with E-state index < -0.39 is 0 Å². The van der Waals surface area contributed by atoms with E-state index in [1.807, 2.05) is 12.1 Å². The largest absolute Gasteiger partial charge is 0.497 e.